The number of ether oxygens (including phenoxy) is 1. The van der Waals surface area contributed by atoms with E-state index in [1.165, 1.54) is 35.6 Å². The average molecular weight is 428 g/mol. The maximum Gasteiger partial charge on any atom is 0.270 e. The lowest BCUT2D eigenvalue weighted by atomic mass is 10.1. The molecule has 8 nitrogen and oxygen atoms in total. The highest BCUT2D eigenvalue weighted by atomic mass is 32.1. The van der Waals surface area contributed by atoms with Gasteiger partial charge >= 0.3 is 0 Å². The van der Waals surface area contributed by atoms with E-state index in [4.69, 9.17) is 4.74 Å². The van der Waals surface area contributed by atoms with Gasteiger partial charge in [-0.05, 0) is 30.3 Å². The van der Waals surface area contributed by atoms with Gasteiger partial charge in [0.1, 0.15) is 5.82 Å². The maximum absolute atomic E-state index is 13.1. The van der Waals surface area contributed by atoms with Gasteiger partial charge in [-0.15, -0.1) is 11.3 Å². The highest BCUT2D eigenvalue weighted by Gasteiger charge is 2.23. The van der Waals surface area contributed by atoms with E-state index in [9.17, 15) is 19.3 Å². The fraction of sp³-hybridized carbons (Fsp3) is 0.200. The minimum atomic E-state index is -0.532. The van der Waals surface area contributed by atoms with Crippen molar-refractivity contribution in [2.75, 3.05) is 36.5 Å². The van der Waals surface area contributed by atoms with Gasteiger partial charge < -0.3 is 9.64 Å². The van der Waals surface area contributed by atoms with Crippen LogP contribution in [0.15, 0.2) is 47.8 Å². The fourth-order valence-corrected chi connectivity index (χ4v) is 3.86. The first-order valence-corrected chi connectivity index (χ1v) is 10.0. The lowest BCUT2D eigenvalue weighted by molar-refractivity contribution is -0.384. The summed E-state index contributed by atoms with van der Waals surface area (Å²) in [6.45, 7) is 2.21. The van der Waals surface area contributed by atoms with Crippen LogP contribution in [-0.4, -0.2) is 42.1 Å². The molecule has 2 aromatic carbocycles. The van der Waals surface area contributed by atoms with Crippen molar-refractivity contribution in [1.82, 2.24) is 4.98 Å². The van der Waals surface area contributed by atoms with Crippen LogP contribution in [0.3, 0.4) is 0 Å². The molecule has 1 fully saturated rings. The number of anilines is 2. The molecule has 1 aromatic heterocycles. The van der Waals surface area contributed by atoms with Gasteiger partial charge in [-0.25, -0.2) is 9.37 Å². The molecular formula is C20H17FN4O4S. The number of aromatic nitrogens is 1. The number of amides is 1. The third-order valence-corrected chi connectivity index (χ3v) is 5.41. The molecule has 0 spiro atoms. The van der Waals surface area contributed by atoms with Crippen LogP contribution < -0.4 is 10.2 Å². The second kappa shape index (κ2) is 8.56. The van der Waals surface area contributed by atoms with E-state index < -0.39 is 10.8 Å². The number of halogens is 1. The Morgan fingerprint density at radius 1 is 1.20 bits per heavy atom. The first kappa shape index (κ1) is 19.9. The van der Waals surface area contributed by atoms with Crippen LogP contribution in [0.25, 0.3) is 11.3 Å². The zero-order chi connectivity index (χ0) is 21.1. The number of hydrogen-bond acceptors (Lipinski definition) is 7. The van der Waals surface area contributed by atoms with Gasteiger partial charge in [0.25, 0.3) is 11.6 Å². The van der Waals surface area contributed by atoms with Crippen LogP contribution in [0.5, 0.6) is 0 Å². The minimum Gasteiger partial charge on any atom is -0.378 e. The van der Waals surface area contributed by atoms with E-state index in [1.54, 1.807) is 23.6 Å². The van der Waals surface area contributed by atoms with Crippen LogP contribution in [0.2, 0.25) is 0 Å². The van der Waals surface area contributed by atoms with E-state index in [-0.39, 0.29) is 17.1 Å². The number of rotatable bonds is 5. The average Bonchev–Trinajstić information content (AvgIpc) is 3.22. The Morgan fingerprint density at radius 3 is 2.63 bits per heavy atom. The predicted octanol–water partition coefficient (Wildman–Crippen LogP) is 3.95. The monoisotopic (exact) mass is 428 g/mol. The number of non-ortho nitro benzene ring substituents is 1. The zero-order valence-electron chi connectivity index (χ0n) is 15.7. The number of morpholine rings is 1. The summed E-state index contributed by atoms with van der Waals surface area (Å²) in [4.78, 5) is 30.0. The Balaban J connectivity index is 1.60. The van der Waals surface area contributed by atoms with Crippen LogP contribution >= 0.6 is 11.3 Å². The van der Waals surface area contributed by atoms with E-state index in [1.807, 2.05) is 4.90 Å². The molecule has 0 saturated carbocycles. The van der Waals surface area contributed by atoms with Crippen LogP contribution in [0.4, 0.5) is 20.9 Å². The SMILES string of the molecule is O=C(Nc1nc(-c2ccc(F)cc2)cs1)c1cc([N+](=O)[O-])ccc1N1CCOCC1. The number of thiazole rings is 1. The van der Waals surface area contributed by atoms with Crippen molar-refractivity contribution < 1.29 is 18.8 Å². The summed E-state index contributed by atoms with van der Waals surface area (Å²) in [7, 11) is 0. The Hall–Kier alpha value is -3.37. The van der Waals surface area contributed by atoms with Crippen LogP contribution in [0.1, 0.15) is 10.4 Å². The number of carbonyl (C=O) groups is 1. The molecule has 1 aliphatic heterocycles. The van der Waals surface area contributed by atoms with Gasteiger partial charge in [0.15, 0.2) is 5.13 Å². The fourth-order valence-electron chi connectivity index (χ4n) is 3.15. The van der Waals surface area contributed by atoms with Crippen molar-refractivity contribution in [2.24, 2.45) is 0 Å². The smallest absolute Gasteiger partial charge is 0.270 e. The van der Waals surface area contributed by atoms with Gasteiger partial charge in [-0.1, -0.05) is 0 Å². The van der Waals surface area contributed by atoms with Gasteiger partial charge in [-0.3, -0.25) is 20.2 Å². The number of nitrogens with zero attached hydrogens (tertiary/aromatic N) is 3. The summed E-state index contributed by atoms with van der Waals surface area (Å²) in [5, 5.41) is 16.0. The lowest BCUT2D eigenvalue weighted by Gasteiger charge is -2.30. The Kier molecular flexibility index (Phi) is 5.68. The van der Waals surface area contributed by atoms with Crippen molar-refractivity contribution in [3.8, 4) is 11.3 Å². The zero-order valence-corrected chi connectivity index (χ0v) is 16.5. The van der Waals surface area contributed by atoms with Gasteiger partial charge in [0.2, 0.25) is 0 Å². The molecule has 1 N–H and O–H groups in total. The second-order valence-electron chi connectivity index (χ2n) is 6.56. The number of nitro benzene ring substituents is 1. The maximum atomic E-state index is 13.1. The molecule has 3 aromatic rings. The molecule has 0 unspecified atom stereocenters. The third-order valence-electron chi connectivity index (χ3n) is 4.65. The molecule has 154 valence electrons. The molecule has 0 radical (unpaired) electrons. The van der Waals surface area contributed by atoms with E-state index in [0.717, 1.165) is 5.56 Å². The van der Waals surface area contributed by atoms with Gasteiger partial charge in [0.05, 0.1) is 35.1 Å². The molecule has 10 heteroatoms. The van der Waals surface area contributed by atoms with Crippen LogP contribution in [0, 0.1) is 15.9 Å². The summed E-state index contributed by atoms with van der Waals surface area (Å²) in [5.41, 5.74) is 1.96. The largest absolute Gasteiger partial charge is 0.378 e. The van der Waals surface area contributed by atoms with E-state index >= 15 is 0 Å². The number of nitrogens with one attached hydrogen (secondary N) is 1. The molecule has 1 aliphatic rings. The van der Waals surface area contributed by atoms with E-state index in [0.29, 0.717) is 42.8 Å². The van der Waals surface area contributed by atoms with Crippen LogP contribution in [-0.2, 0) is 4.74 Å². The van der Waals surface area contributed by atoms with Crippen molar-refractivity contribution in [2.45, 2.75) is 0 Å². The first-order valence-electron chi connectivity index (χ1n) is 9.15. The molecule has 1 amide bonds. The summed E-state index contributed by atoms with van der Waals surface area (Å²) < 4.78 is 18.5. The summed E-state index contributed by atoms with van der Waals surface area (Å²) in [5.74, 6) is -0.830. The molecule has 0 aliphatic carbocycles. The molecule has 0 bridgehead atoms. The topological polar surface area (TPSA) is 97.6 Å². The van der Waals surface area contributed by atoms with E-state index in [2.05, 4.69) is 10.3 Å². The first-order chi connectivity index (χ1) is 14.5. The summed E-state index contributed by atoms with van der Waals surface area (Å²) in [6, 6.07) is 10.1. The quantitative estimate of drug-likeness (QED) is 0.488. The van der Waals surface area contributed by atoms with Gasteiger partial charge in [0, 0.05) is 36.2 Å². The van der Waals surface area contributed by atoms with Crippen molar-refractivity contribution in [3.05, 3.63) is 69.3 Å². The Bertz CT molecular complexity index is 1080. The van der Waals surface area contributed by atoms with Crippen molar-refractivity contribution in [3.63, 3.8) is 0 Å². The second-order valence-corrected chi connectivity index (χ2v) is 7.42. The number of hydrogen-bond donors (Lipinski definition) is 1. The summed E-state index contributed by atoms with van der Waals surface area (Å²) >= 11 is 1.22. The predicted molar refractivity (Wildman–Crippen MR) is 112 cm³/mol. The number of benzene rings is 2. The Labute approximate surface area is 175 Å². The standard InChI is InChI=1S/C20H17FN4O4S/c21-14-3-1-13(2-4-14)17-12-30-20(22-17)23-19(26)16-11-15(25(27)28)5-6-18(16)24-7-9-29-10-8-24/h1-6,11-12H,7-10H2,(H,22,23,26). The molecule has 0 atom stereocenters. The minimum absolute atomic E-state index is 0.164. The normalized spacial score (nSPS) is 13.8. The molecule has 2 heterocycles. The van der Waals surface area contributed by atoms with Crippen molar-refractivity contribution >= 4 is 33.8 Å². The Morgan fingerprint density at radius 2 is 1.93 bits per heavy atom. The molecule has 30 heavy (non-hydrogen) atoms. The number of nitro groups is 1. The number of carbonyl (C=O) groups excluding carboxylic acids is 1. The summed E-state index contributed by atoms with van der Waals surface area (Å²) in [6.07, 6.45) is 0. The molecule has 1 saturated heterocycles. The molecule has 4 rings (SSSR count). The highest BCUT2D eigenvalue weighted by Crippen LogP contribution is 2.29. The van der Waals surface area contributed by atoms with Crippen molar-refractivity contribution in [1.29, 1.82) is 0 Å². The molecular weight excluding hydrogens is 411 g/mol. The lowest BCUT2D eigenvalue weighted by Crippen LogP contribution is -2.37. The highest BCUT2D eigenvalue weighted by molar-refractivity contribution is 7.14. The third kappa shape index (κ3) is 4.29. The van der Waals surface area contributed by atoms with Gasteiger partial charge in [-0.2, -0.15) is 0 Å².